The first-order chi connectivity index (χ1) is 8.75. The normalized spacial score (nSPS) is 10.4. The molecule has 0 aliphatic heterocycles. The highest BCUT2D eigenvalue weighted by molar-refractivity contribution is 5.94. The van der Waals surface area contributed by atoms with Crippen LogP contribution in [0.25, 0.3) is 0 Å². The standard InChI is InChI=1S/C13H11N3O2/c17-13(12-6-8-16(18)9-7-12)15-14-10-11-4-2-1-3-5-11/h1-10H,(H,15,17)/b14-10-. The van der Waals surface area contributed by atoms with E-state index in [4.69, 9.17) is 0 Å². The number of benzene rings is 1. The molecule has 0 unspecified atom stereocenters. The van der Waals surface area contributed by atoms with Crippen molar-refractivity contribution in [1.82, 2.24) is 5.43 Å². The van der Waals surface area contributed by atoms with Gasteiger partial charge in [0.1, 0.15) is 0 Å². The van der Waals surface area contributed by atoms with Crippen LogP contribution in [0.15, 0.2) is 60.0 Å². The molecule has 2 aromatic rings. The van der Waals surface area contributed by atoms with E-state index in [1.807, 2.05) is 30.3 Å². The molecule has 1 aromatic heterocycles. The molecule has 1 N–H and O–H groups in total. The summed E-state index contributed by atoms with van der Waals surface area (Å²) in [5.74, 6) is -0.359. The first-order valence-corrected chi connectivity index (χ1v) is 5.33. The summed E-state index contributed by atoms with van der Waals surface area (Å²) in [6.07, 6.45) is 4.07. The number of hydrogen-bond acceptors (Lipinski definition) is 3. The van der Waals surface area contributed by atoms with Crippen molar-refractivity contribution in [2.75, 3.05) is 0 Å². The number of nitrogens with one attached hydrogen (secondary N) is 1. The predicted octanol–water partition coefficient (Wildman–Crippen LogP) is 1.08. The number of nitrogens with zero attached hydrogens (tertiary/aromatic N) is 2. The lowest BCUT2D eigenvalue weighted by molar-refractivity contribution is -0.605. The molecule has 0 spiro atoms. The Morgan fingerprint density at radius 1 is 1.17 bits per heavy atom. The van der Waals surface area contributed by atoms with E-state index in [1.165, 1.54) is 24.5 Å². The summed E-state index contributed by atoms with van der Waals surface area (Å²) in [7, 11) is 0. The first kappa shape index (κ1) is 11.8. The number of carbonyl (C=O) groups is 1. The third-order valence-corrected chi connectivity index (χ3v) is 2.24. The van der Waals surface area contributed by atoms with Gasteiger partial charge < -0.3 is 5.21 Å². The zero-order valence-corrected chi connectivity index (χ0v) is 9.48. The van der Waals surface area contributed by atoms with Crippen LogP contribution in [0.5, 0.6) is 0 Å². The monoisotopic (exact) mass is 241 g/mol. The van der Waals surface area contributed by atoms with Gasteiger partial charge in [-0.1, -0.05) is 30.3 Å². The molecule has 18 heavy (non-hydrogen) atoms. The van der Waals surface area contributed by atoms with Crippen LogP contribution in [0, 0.1) is 5.21 Å². The number of hydrogen-bond donors (Lipinski definition) is 1. The zero-order valence-electron chi connectivity index (χ0n) is 9.48. The molecular weight excluding hydrogens is 230 g/mol. The van der Waals surface area contributed by atoms with Gasteiger partial charge in [-0.25, -0.2) is 5.43 Å². The second-order valence-electron chi connectivity index (χ2n) is 3.56. The highest BCUT2D eigenvalue weighted by Gasteiger charge is 2.04. The second kappa shape index (κ2) is 5.58. The fraction of sp³-hybridized carbons (Fsp3) is 0. The highest BCUT2D eigenvalue weighted by Crippen LogP contribution is 1.96. The number of carbonyl (C=O) groups excluding carboxylic acids is 1. The van der Waals surface area contributed by atoms with Gasteiger partial charge in [-0.05, 0) is 5.56 Å². The summed E-state index contributed by atoms with van der Waals surface area (Å²) < 4.78 is 0.615. The topological polar surface area (TPSA) is 68.4 Å². The van der Waals surface area contributed by atoms with Gasteiger partial charge in [-0.15, -0.1) is 0 Å². The Hall–Kier alpha value is -2.69. The summed E-state index contributed by atoms with van der Waals surface area (Å²) in [6, 6.07) is 12.3. The van der Waals surface area contributed by atoms with Crippen molar-refractivity contribution in [3.8, 4) is 0 Å². The molecular formula is C13H11N3O2. The first-order valence-electron chi connectivity index (χ1n) is 5.33. The third kappa shape index (κ3) is 3.15. The molecule has 2 rings (SSSR count). The Bertz CT molecular complexity index is 550. The Kier molecular flexibility index (Phi) is 3.66. The van der Waals surface area contributed by atoms with Crippen LogP contribution in [0.2, 0.25) is 0 Å². The minimum atomic E-state index is -0.359. The molecule has 0 aliphatic rings. The van der Waals surface area contributed by atoms with E-state index in [0.29, 0.717) is 10.3 Å². The summed E-state index contributed by atoms with van der Waals surface area (Å²) in [4.78, 5) is 11.6. The van der Waals surface area contributed by atoms with E-state index < -0.39 is 0 Å². The fourth-order valence-electron chi connectivity index (χ4n) is 1.33. The lowest BCUT2D eigenvalue weighted by atomic mass is 10.2. The Labute approximate surface area is 104 Å². The molecule has 0 saturated carbocycles. The minimum absolute atomic E-state index is 0.359. The van der Waals surface area contributed by atoms with Crippen LogP contribution >= 0.6 is 0 Å². The van der Waals surface area contributed by atoms with Crippen LogP contribution in [0.1, 0.15) is 15.9 Å². The van der Waals surface area contributed by atoms with E-state index in [1.54, 1.807) is 6.21 Å². The summed E-state index contributed by atoms with van der Waals surface area (Å²) in [5, 5.41) is 14.6. The van der Waals surface area contributed by atoms with Crippen molar-refractivity contribution in [1.29, 1.82) is 0 Å². The van der Waals surface area contributed by atoms with Crippen molar-refractivity contribution in [3.05, 3.63) is 71.2 Å². The Morgan fingerprint density at radius 2 is 1.83 bits per heavy atom. The molecule has 1 heterocycles. The van der Waals surface area contributed by atoms with E-state index in [9.17, 15) is 10.0 Å². The molecule has 1 amide bonds. The Balaban J connectivity index is 1.96. The van der Waals surface area contributed by atoms with Crippen LogP contribution in [-0.2, 0) is 0 Å². The smallest absolute Gasteiger partial charge is 0.271 e. The third-order valence-electron chi connectivity index (χ3n) is 2.24. The molecule has 5 heteroatoms. The molecule has 0 saturated heterocycles. The van der Waals surface area contributed by atoms with Crippen molar-refractivity contribution in [3.63, 3.8) is 0 Å². The predicted molar refractivity (Wildman–Crippen MR) is 66.9 cm³/mol. The second-order valence-corrected chi connectivity index (χ2v) is 3.56. The number of aromatic nitrogens is 1. The quantitative estimate of drug-likeness (QED) is 0.378. The van der Waals surface area contributed by atoms with E-state index in [0.717, 1.165) is 5.56 Å². The van der Waals surface area contributed by atoms with Gasteiger partial charge in [0.15, 0.2) is 12.4 Å². The van der Waals surface area contributed by atoms with Crippen molar-refractivity contribution < 1.29 is 9.52 Å². The van der Waals surface area contributed by atoms with Gasteiger partial charge in [0.25, 0.3) is 5.91 Å². The molecule has 0 atom stereocenters. The maximum atomic E-state index is 11.6. The summed E-state index contributed by atoms with van der Waals surface area (Å²) in [6.45, 7) is 0. The van der Waals surface area contributed by atoms with Crippen molar-refractivity contribution >= 4 is 12.1 Å². The molecule has 90 valence electrons. The van der Waals surface area contributed by atoms with Gasteiger partial charge >= 0.3 is 0 Å². The lowest BCUT2D eigenvalue weighted by Crippen LogP contribution is -2.26. The summed E-state index contributed by atoms with van der Waals surface area (Å²) in [5.41, 5.74) is 3.66. The fourth-order valence-corrected chi connectivity index (χ4v) is 1.33. The average molecular weight is 241 g/mol. The average Bonchev–Trinajstić information content (AvgIpc) is 2.40. The van der Waals surface area contributed by atoms with Gasteiger partial charge in [-0.2, -0.15) is 9.83 Å². The number of hydrazone groups is 1. The van der Waals surface area contributed by atoms with Crippen LogP contribution in [0.4, 0.5) is 0 Å². The zero-order chi connectivity index (χ0) is 12.8. The SMILES string of the molecule is O=C(N/N=C\c1ccccc1)c1cc[n+]([O-])cc1. The van der Waals surface area contributed by atoms with E-state index in [2.05, 4.69) is 10.5 Å². The van der Waals surface area contributed by atoms with Gasteiger partial charge in [0, 0.05) is 12.1 Å². The van der Waals surface area contributed by atoms with Crippen molar-refractivity contribution in [2.24, 2.45) is 5.10 Å². The number of pyridine rings is 1. The van der Waals surface area contributed by atoms with Gasteiger partial charge in [0.05, 0.1) is 11.8 Å². The Morgan fingerprint density at radius 3 is 2.50 bits per heavy atom. The van der Waals surface area contributed by atoms with Crippen LogP contribution in [-0.4, -0.2) is 12.1 Å². The van der Waals surface area contributed by atoms with Crippen LogP contribution < -0.4 is 10.2 Å². The van der Waals surface area contributed by atoms with E-state index >= 15 is 0 Å². The number of amides is 1. The maximum absolute atomic E-state index is 11.6. The maximum Gasteiger partial charge on any atom is 0.271 e. The van der Waals surface area contributed by atoms with Gasteiger partial charge in [0.2, 0.25) is 0 Å². The molecule has 0 aliphatic carbocycles. The molecule has 0 radical (unpaired) electrons. The number of rotatable bonds is 3. The molecule has 0 bridgehead atoms. The molecule has 5 nitrogen and oxygen atoms in total. The van der Waals surface area contributed by atoms with Crippen LogP contribution in [0.3, 0.4) is 0 Å². The molecule has 0 fully saturated rings. The lowest BCUT2D eigenvalue weighted by Gasteiger charge is -1.99. The minimum Gasteiger partial charge on any atom is -0.619 e. The van der Waals surface area contributed by atoms with Crippen molar-refractivity contribution in [2.45, 2.75) is 0 Å². The largest absolute Gasteiger partial charge is 0.619 e. The summed E-state index contributed by atoms with van der Waals surface area (Å²) >= 11 is 0. The van der Waals surface area contributed by atoms with Gasteiger partial charge in [-0.3, -0.25) is 4.79 Å². The highest BCUT2D eigenvalue weighted by atomic mass is 16.5. The molecule has 1 aromatic carbocycles. The van der Waals surface area contributed by atoms with E-state index in [-0.39, 0.29) is 5.91 Å².